The molecular weight excluding hydrogens is 496 g/mol. The quantitative estimate of drug-likeness (QED) is 0.234. The molecule has 0 amide bonds. The first-order chi connectivity index (χ1) is 18.7. The monoisotopic (exact) mass is 556 g/mol. The van der Waals surface area contributed by atoms with Gasteiger partial charge in [-0.2, -0.15) is 0 Å². The predicted octanol–water partition coefficient (Wildman–Crippen LogP) is 8.74. The first kappa shape index (κ1) is 36.2. The number of allylic oxidation sites excluding steroid dienone is 4. The summed E-state index contributed by atoms with van der Waals surface area (Å²) < 4.78 is 0. The molecule has 0 aromatic carbocycles. The average molecular weight is 557 g/mol. The molecule has 4 heteroatoms. The Morgan fingerprint density at radius 1 is 1.10 bits per heavy atom. The number of aliphatic hydroxyl groups is 2. The summed E-state index contributed by atoms with van der Waals surface area (Å²) in [6, 6.07) is 0. The number of hydrogen-bond acceptors (Lipinski definition) is 3. The molecule has 4 aliphatic carbocycles. The number of carboxylic acids is 1. The summed E-state index contributed by atoms with van der Waals surface area (Å²) in [7, 11) is 0. The van der Waals surface area contributed by atoms with Gasteiger partial charge in [0.2, 0.25) is 0 Å². The number of carboxylic acid groups (broad SMARTS) is 1. The van der Waals surface area contributed by atoms with Gasteiger partial charge in [-0.1, -0.05) is 73.6 Å². The first-order valence-corrected chi connectivity index (χ1v) is 15.7. The van der Waals surface area contributed by atoms with Gasteiger partial charge in [-0.25, -0.2) is 0 Å². The lowest BCUT2D eigenvalue weighted by atomic mass is 9.49. The number of aliphatic hydroxyl groups excluding tert-OH is 2. The summed E-state index contributed by atoms with van der Waals surface area (Å²) in [6.45, 7) is 23.2. The van der Waals surface area contributed by atoms with Crippen molar-refractivity contribution in [3.63, 3.8) is 0 Å². The number of aliphatic carboxylic acids is 1. The largest absolute Gasteiger partial charge is 0.481 e. The lowest BCUT2D eigenvalue weighted by molar-refractivity contribution is -0.134. The van der Waals surface area contributed by atoms with Crippen LogP contribution in [0.1, 0.15) is 127 Å². The van der Waals surface area contributed by atoms with Gasteiger partial charge in [0.05, 0.1) is 12.2 Å². The Hall–Kier alpha value is -1.83. The van der Waals surface area contributed by atoms with Crippen LogP contribution in [-0.4, -0.2) is 33.5 Å². The molecule has 0 radical (unpaired) electrons. The van der Waals surface area contributed by atoms with E-state index >= 15 is 0 Å². The molecule has 0 aromatic heterocycles. The van der Waals surface area contributed by atoms with Crippen LogP contribution in [0.5, 0.6) is 0 Å². The van der Waals surface area contributed by atoms with E-state index in [2.05, 4.69) is 67.0 Å². The van der Waals surface area contributed by atoms with Crippen LogP contribution < -0.4 is 0 Å². The normalized spacial score (nSPS) is 33.6. The number of terminal acetylenes is 1. The highest BCUT2D eigenvalue weighted by Crippen LogP contribution is 2.65. The van der Waals surface area contributed by atoms with E-state index in [0.29, 0.717) is 17.8 Å². The fraction of sp³-hybridized carbons (Fsp3) is 0.750. The smallest absolute Gasteiger partial charge is 0.300 e. The molecule has 0 spiro atoms. The van der Waals surface area contributed by atoms with Crippen molar-refractivity contribution in [3.8, 4) is 12.8 Å². The van der Waals surface area contributed by atoms with Crippen LogP contribution in [0, 0.1) is 46.8 Å². The molecule has 228 valence electrons. The van der Waals surface area contributed by atoms with Crippen molar-refractivity contribution < 1.29 is 20.1 Å². The van der Waals surface area contributed by atoms with E-state index in [0.717, 1.165) is 58.3 Å². The van der Waals surface area contributed by atoms with Gasteiger partial charge < -0.3 is 15.3 Å². The summed E-state index contributed by atoms with van der Waals surface area (Å²) >= 11 is 0. The van der Waals surface area contributed by atoms with Crippen molar-refractivity contribution in [1.82, 2.24) is 0 Å². The van der Waals surface area contributed by atoms with Crippen LogP contribution in [-0.2, 0) is 4.79 Å². The van der Waals surface area contributed by atoms with Crippen LogP contribution in [0.4, 0.5) is 0 Å². The highest BCUT2D eigenvalue weighted by molar-refractivity contribution is 5.63. The molecule has 0 aliphatic heterocycles. The van der Waals surface area contributed by atoms with E-state index < -0.39 is 5.97 Å². The van der Waals surface area contributed by atoms with E-state index in [4.69, 9.17) is 9.90 Å². The zero-order valence-corrected chi connectivity index (χ0v) is 27.1. The van der Waals surface area contributed by atoms with E-state index in [1.165, 1.54) is 29.6 Å². The first-order valence-electron chi connectivity index (χ1n) is 15.7. The van der Waals surface area contributed by atoms with Gasteiger partial charge in [-0.3, -0.25) is 4.79 Å². The predicted molar refractivity (Wildman–Crippen MR) is 169 cm³/mol. The Labute approximate surface area is 246 Å². The van der Waals surface area contributed by atoms with Crippen molar-refractivity contribution >= 4 is 5.97 Å². The van der Waals surface area contributed by atoms with Crippen molar-refractivity contribution in [2.75, 3.05) is 0 Å². The molecule has 1 saturated carbocycles. The second kappa shape index (κ2) is 14.9. The summed E-state index contributed by atoms with van der Waals surface area (Å²) in [6.07, 6.45) is 20.8. The molecular formula is C36H60O4. The van der Waals surface area contributed by atoms with Gasteiger partial charge in [0.25, 0.3) is 5.97 Å². The Kier molecular flexibility index (Phi) is 13.5. The minimum absolute atomic E-state index is 0.00322. The average Bonchev–Trinajstić information content (AvgIpc) is 3.16. The van der Waals surface area contributed by atoms with Crippen LogP contribution in [0.15, 0.2) is 34.9 Å². The minimum Gasteiger partial charge on any atom is -0.481 e. The van der Waals surface area contributed by atoms with Crippen molar-refractivity contribution in [2.24, 2.45) is 34.0 Å². The fourth-order valence-electron chi connectivity index (χ4n) is 8.43. The molecule has 3 N–H and O–H groups in total. The van der Waals surface area contributed by atoms with Gasteiger partial charge in [0, 0.05) is 6.92 Å². The molecule has 40 heavy (non-hydrogen) atoms. The number of rotatable bonds is 5. The fourth-order valence-corrected chi connectivity index (χ4v) is 8.43. The van der Waals surface area contributed by atoms with E-state index in [9.17, 15) is 10.2 Å². The Balaban J connectivity index is 0.000000902. The Morgan fingerprint density at radius 3 is 2.23 bits per heavy atom. The summed E-state index contributed by atoms with van der Waals surface area (Å²) in [5.41, 5.74) is 5.83. The van der Waals surface area contributed by atoms with Gasteiger partial charge in [0.15, 0.2) is 0 Å². The maximum atomic E-state index is 11.7. The lowest BCUT2D eigenvalue weighted by Crippen LogP contribution is -2.50. The van der Waals surface area contributed by atoms with Crippen molar-refractivity contribution in [3.05, 3.63) is 34.9 Å². The lowest BCUT2D eigenvalue weighted by Gasteiger charge is -2.56. The topological polar surface area (TPSA) is 77.8 Å². The summed E-state index contributed by atoms with van der Waals surface area (Å²) in [4.78, 5) is 9.00. The van der Waals surface area contributed by atoms with Crippen LogP contribution in [0.3, 0.4) is 0 Å². The van der Waals surface area contributed by atoms with Crippen LogP contribution >= 0.6 is 0 Å². The second-order valence-electron chi connectivity index (χ2n) is 13.5. The third-order valence-corrected chi connectivity index (χ3v) is 10.6. The zero-order valence-electron chi connectivity index (χ0n) is 27.1. The molecule has 4 aliphatic rings. The highest BCUT2D eigenvalue weighted by atomic mass is 16.4. The maximum absolute atomic E-state index is 11.7. The molecule has 0 bridgehead atoms. The van der Waals surface area contributed by atoms with Gasteiger partial charge in [-0.05, 0) is 115 Å². The van der Waals surface area contributed by atoms with Crippen molar-refractivity contribution in [2.45, 2.75) is 139 Å². The van der Waals surface area contributed by atoms with Crippen LogP contribution in [0.2, 0.25) is 0 Å². The number of hydrogen-bond donors (Lipinski definition) is 3. The van der Waals surface area contributed by atoms with Gasteiger partial charge >= 0.3 is 0 Å². The molecule has 0 saturated heterocycles. The third kappa shape index (κ3) is 7.32. The molecule has 4 rings (SSSR count). The molecule has 0 aromatic rings. The SMILES string of the molecule is C#C.C=C(CCC[C@H]1CC=C2C3=C([C@@H](O)CC21C)C1(C)CCCC(O)C(C)(C)C1CC3)C(C)C.CC.CC(=O)O. The summed E-state index contributed by atoms with van der Waals surface area (Å²) in [5, 5.41) is 30.0. The second-order valence-corrected chi connectivity index (χ2v) is 13.5. The van der Waals surface area contributed by atoms with Gasteiger partial charge in [-0.15, -0.1) is 12.8 Å². The van der Waals surface area contributed by atoms with E-state index in [1.807, 2.05) is 13.8 Å². The molecule has 1 fully saturated rings. The van der Waals surface area contributed by atoms with E-state index in [1.54, 1.807) is 5.57 Å². The number of fused-ring (bicyclic) bond motifs is 4. The number of carbonyl (C=O) groups is 1. The van der Waals surface area contributed by atoms with Crippen LogP contribution in [0.25, 0.3) is 0 Å². The zero-order chi connectivity index (χ0) is 31.1. The molecule has 4 unspecified atom stereocenters. The van der Waals surface area contributed by atoms with E-state index in [-0.39, 0.29) is 28.5 Å². The molecule has 6 atom stereocenters. The molecule has 4 nitrogen and oxygen atoms in total. The highest BCUT2D eigenvalue weighted by Gasteiger charge is 2.57. The molecule has 0 heterocycles. The van der Waals surface area contributed by atoms with Crippen molar-refractivity contribution in [1.29, 1.82) is 0 Å². The third-order valence-electron chi connectivity index (χ3n) is 10.6. The van der Waals surface area contributed by atoms with Gasteiger partial charge in [0.1, 0.15) is 0 Å². The minimum atomic E-state index is -0.833. The summed E-state index contributed by atoms with van der Waals surface area (Å²) in [5.74, 6) is 0.814. The standard InChI is InChI=1S/C30H48O2.C2H4O2.C2H6.C2H2/c1-19(2)20(3)10-8-11-21-13-15-23-22-14-16-25-28(4,5)26(32)12-9-17-29(25,6)27(22)24(31)18-30(21,23)7;1-2(3)4;2*1-2/h15,19,21,24-26,31-32H,3,8-14,16-18H2,1-2,4-7H3;1H3,(H,3,4);1-2H3;1-2H/t21-,24-,25?,26?,29?,30?;;;/m0.../s1. The maximum Gasteiger partial charge on any atom is 0.300 e. The Morgan fingerprint density at radius 2 is 1.68 bits per heavy atom. The Bertz CT molecular complexity index is 947.